The van der Waals surface area contributed by atoms with Crippen LogP contribution in [-0.2, 0) is 4.79 Å². The van der Waals surface area contributed by atoms with Gasteiger partial charge in [0.05, 0.1) is 24.2 Å². The molecule has 0 aromatic rings. The molecule has 0 saturated carbocycles. The molecule has 98 valence electrons. The quantitative estimate of drug-likeness (QED) is 0.547. The minimum Gasteiger partial charge on any atom is -0.554 e. The van der Waals surface area contributed by atoms with Gasteiger partial charge in [-0.15, -0.1) is 0 Å². The highest BCUT2D eigenvalue weighted by atomic mass is 16.3. The van der Waals surface area contributed by atoms with E-state index in [1.807, 2.05) is 0 Å². The van der Waals surface area contributed by atoms with Crippen molar-refractivity contribution < 1.29 is 14.4 Å². The lowest BCUT2D eigenvalue weighted by Crippen LogP contribution is -2.65. The first-order chi connectivity index (χ1) is 7.19. The number of nitrogens with zero attached hydrogens (tertiary/aromatic N) is 1. The first kappa shape index (κ1) is 17.8. The van der Waals surface area contributed by atoms with Crippen LogP contribution in [0, 0.1) is 0 Å². The first-order valence-corrected chi connectivity index (χ1v) is 6.12. The maximum Gasteiger partial charge on any atom is 0.0839 e. The maximum absolute atomic E-state index is 8.25. The summed E-state index contributed by atoms with van der Waals surface area (Å²) in [4.78, 5) is 8.25. The molecule has 0 spiro atoms. The van der Waals surface area contributed by atoms with E-state index in [0.717, 1.165) is 0 Å². The minimum atomic E-state index is -0.500. The molecule has 0 aliphatic carbocycles. The van der Waals surface area contributed by atoms with Gasteiger partial charge in [0.1, 0.15) is 0 Å². The van der Waals surface area contributed by atoms with Crippen LogP contribution in [0.25, 0.3) is 0 Å². The van der Waals surface area contributed by atoms with Crippen LogP contribution in [-0.4, -0.2) is 35.1 Å². The van der Waals surface area contributed by atoms with E-state index in [2.05, 4.69) is 55.4 Å². The zero-order valence-corrected chi connectivity index (χ0v) is 12.2. The summed E-state index contributed by atoms with van der Waals surface area (Å²) in [6, 6.07) is 2.83. The molecule has 0 aliphatic rings. The third kappa shape index (κ3) is 3.78. The van der Waals surface area contributed by atoms with E-state index < -0.39 is 6.47 Å². The second-order valence-electron chi connectivity index (χ2n) is 5.37. The van der Waals surface area contributed by atoms with Gasteiger partial charge in [0.25, 0.3) is 0 Å². The Kier molecular flexibility index (Phi) is 8.53. The molecule has 0 radical (unpaired) electrons. The van der Waals surface area contributed by atoms with E-state index in [1.54, 1.807) is 0 Å². The Morgan fingerprint density at radius 3 is 0.875 bits per heavy atom. The van der Waals surface area contributed by atoms with Crippen LogP contribution in [0.15, 0.2) is 0 Å². The van der Waals surface area contributed by atoms with Crippen molar-refractivity contribution in [1.82, 2.24) is 0 Å². The summed E-state index contributed by atoms with van der Waals surface area (Å²) in [6.45, 7) is 18.3. The molecule has 0 aliphatic heterocycles. The molecular weight excluding hydrogens is 202 g/mol. The predicted octanol–water partition coefficient (Wildman–Crippen LogP) is 1.80. The van der Waals surface area contributed by atoms with Crippen molar-refractivity contribution in [2.45, 2.75) is 79.6 Å². The fraction of sp³-hybridized carbons (Fsp3) is 0.923. The summed E-state index contributed by atoms with van der Waals surface area (Å²) in [7, 11) is 0. The zero-order chi connectivity index (χ0) is 13.5. The van der Waals surface area contributed by atoms with E-state index in [4.69, 9.17) is 9.90 Å². The van der Waals surface area contributed by atoms with E-state index >= 15 is 0 Å². The van der Waals surface area contributed by atoms with Crippen molar-refractivity contribution in [3.05, 3.63) is 0 Å². The molecule has 0 fully saturated rings. The number of quaternary nitrogens is 1. The summed E-state index contributed by atoms with van der Waals surface area (Å²) in [6.07, 6.45) is 0. The summed E-state index contributed by atoms with van der Waals surface area (Å²) in [5, 5.41) is 8.25. The number of hydrogen-bond donors (Lipinski definition) is 0. The summed E-state index contributed by atoms with van der Waals surface area (Å²) in [5.74, 6) is 0. The topological polar surface area (TPSA) is 40.1 Å². The van der Waals surface area contributed by atoms with Crippen molar-refractivity contribution in [2.24, 2.45) is 0 Å². The van der Waals surface area contributed by atoms with Crippen molar-refractivity contribution in [1.29, 1.82) is 0 Å². The normalized spacial score (nSPS) is 12.0. The number of carbonyl (C=O) groups excluding carboxylic acids is 1. The summed E-state index contributed by atoms with van der Waals surface area (Å²) < 4.78 is 1.22. The standard InChI is InChI=1S/C12H28N.CH2O2/c1-9(2)13(10(3)4,11(5)6)12(7)8;2-1-3/h9-12H,1-8H3;1H,(H,2,3)/q+1;/p-1. The molecule has 0 N–H and O–H groups in total. The highest BCUT2D eigenvalue weighted by Gasteiger charge is 2.40. The molecule has 0 aromatic heterocycles. The Morgan fingerprint density at radius 2 is 0.875 bits per heavy atom. The lowest BCUT2D eigenvalue weighted by molar-refractivity contribution is -1.00. The second-order valence-corrected chi connectivity index (χ2v) is 5.37. The van der Waals surface area contributed by atoms with Gasteiger partial charge in [0.15, 0.2) is 0 Å². The molecule has 0 bridgehead atoms. The molecule has 0 saturated heterocycles. The second kappa shape index (κ2) is 7.66. The Labute approximate surface area is 101 Å². The highest BCUT2D eigenvalue weighted by molar-refractivity contribution is 5.29. The van der Waals surface area contributed by atoms with Gasteiger partial charge in [-0.25, -0.2) is 0 Å². The minimum absolute atomic E-state index is 0.500. The van der Waals surface area contributed by atoms with Crippen LogP contribution in [0.2, 0.25) is 0 Å². The molecule has 16 heavy (non-hydrogen) atoms. The highest BCUT2D eigenvalue weighted by Crippen LogP contribution is 2.28. The van der Waals surface area contributed by atoms with Crippen LogP contribution in [0.1, 0.15) is 55.4 Å². The number of carbonyl (C=O) groups is 1. The van der Waals surface area contributed by atoms with Gasteiger partial charge in [-0.1, -0.05) is 0 Å². The van der Waals surface area contributed by atoms with Crippen LogP contribution >= 0.6 is 0 Å². The van der Waals surface area contributed by atoms with Gasteiger partial charge in [0, 0.05) is 6.47 Å². The lowest BCUT2D eigenvalue weighted by Gasteiger charge is -2.52. The SMILES string of the molecule is CC(C)[N+](C(C)C)(C(C)C)C(C)C.O=C[O-]. The van der Waals surface area contributed by atoms with E-state index in [-0.39, 0.29) is 0 Å². The van der Waals surface area contributed by atoms with Gasteiger partial charge in [-0.3, -0.25) is 0 Å². The molecule has 0 amide bonds. The molecule has 0 aromatic carbocycles. The van der Waals surface area contributed by atoms with Crippen LogP contribution in [0.5, 0.6) is 0 Å². The predicted molar refractivity (Wildman–Crippen MR) is 66.9 cm³/mol. The van der Waals surface area contributed by atoms with Crippen LogP contribution < -0.4 is 5.11 Å². The molecule has 3 nitrogen and oxygen atoms in total. The van der Waals surface area contributed by atoms with Gasteiger partial charge in [-0.2, -0.15) is 0 Å². The van der Waals surface area contributed by atoms with Gasteiger partial charge < -0.3 is 14.4 Å². The molecular formula is C13H29NO2. The molecule has 0 rings (SSSR count). The summed E-state index contributed by atoms with van der Waals surface area (Å²) in [5.41, 5.74) is 0. The van der Waals surface area contributed by atoms with Crippen molar-refractivity contribution >= 4 is 6.47 Å². The Balaban J connectivity index is 0. The van der Waals surface area contributed by atoms with Crippen molar-refractivity contribution in [3.8, 4) is 0 Å². The molecule has 0 heterocycles. The number of hydrogen-bond acceptors (Lipinski definition) is 2. The summed E-state index contributed by atoms with van der Waals surface area (Å²) >= 11 is 0. The largest absolute Gasteiger partial charge is 0.554 e. The van der Waals surface area contributed by atoms with Crippen molar-refractivity contribution in [2.75, 3.05) is 0 Å². The lowest BCUT2D eigenvalue weighted by atomic mass is 10.0. The van der Waals surface area contributed by atoms with Crippen LogP contribution in [0.4, 0.5) is 0 Å². The van der Waals surface area contributed by atoms with E-state index in [9.17, 15) is 0 Å². The third-order valence-corrected chi connectivity index (χ3v) is 3.58. The van der Waals surface area contributed by atoms with E-state index in [0.29, 0.717) is 24.2 Å². The smallest absolute Gasteiger partial charge is 0.0839 e. The Hall–Kier alpha value is -0.570. The molecule has 3 heteroatoms. The van der Waals surface area contributed by atoms with Crippen LogP contribution in [0.3, 0.4) is 0 Å². The fourth-order valence-corrected chi connectivity index (χ4v) is 3.58. The number of rotatable bonds is 4. The van der Waals surface area contributed by atoms with Gasteiger partial charge in [0.2, 0.25) is 0 Å². The van der Waals surface area contributed by atoms with E-state index in [1.165, 1.54) is 4.48 Å². The average Bonchev–Trinajstić information content (AvgIpc) is 2.01. The Bertz CT molecular complexity index is 149. The average molecular weight is 231 g/mol. The van der Waals surface area contributed by atoms with Gasteiger partial charge in [-0.05, 0) is 55.4 Å². The molecule has 0 unspecified atom stereocenters. The van der Waals surface area contributed by atoms with Gasteiger partial charge >= 0.3 is 0 Å². The van der Waals surface area contributed by atoms with Crippen molar-refractivity contribution in [3.63, 3.8) is 0 Å². The Morgan fingerprint density at radius 1 is 0.750 bits per heavy atom. The fourth-order valence-electron chi connectivity index (χ4n) is 3.58. The first-order valence-electron chi connectivity index (χ1n) is 6.12. The maximum atomic E-state index is 8.25. The number of carboxylic acid groups (broad SMARTS) is 1. The molecule has 0 atom stereocenters. The monoisotopic (exact) mass is 231 g/mol. The third-order valence-electron chi connectivity index (χ3n) is 3.58. The zero-order valence-electron chi connectivity index (χ0n) is 12.2.